The van der Waals surface area contributed by atoms with Crippen molar-refractivity contribution in [3.63, 3.8) is 0 Å². The Bertz CT molecular complexity index is 925. The molecule has 0 aromatic heterocycles. The summed E-state index contributed by atoms with van der Waals surface area (Å²) < 4.78 is 5.97. The smallest absolute Gasteiger partial charge is 0.303 e. The number of rotatable bonds is 12. The van der Waals surface area contributed by atoms with Gasteiger partial charge in [0, 0.05) is 19.4 Å². The van der Waals surface area contributed by atoms with Gasteiger partial charge in [0.05, 0.1) is 12.6 Å². The summed E-state index contributed by atoms with van der Waals surface area (Å²) >= 11 is 0. The summed E-state index contributed by atoms with van der Waals surface area (Å²) in [6.45, 7) is 0.534. The van der Waals surface area contributed by atoms with Gasteiger partial charge in [-0.15, -0.1) is 0 Å². The number of aliphatic carboxylic acids is 1. The number of unbranched alkanes of at least 4 members (excludes halogenated alkanes) is 3. The molecule has 2 aromatic rings. The van der Waals surface area contributed by atoms with Crippen LogP contribution in [0.5, 0.6) is 11.5 Å². The number of benzene rings is 2. The van der Waals surface area contributed by atoms with E-state index in [-0.39, 0.29) is 25.0 Å². The Morgan fingerprint density at radius 2 is 1.78 bits per heavy atom. The fraction of sp³-hybridized carbons (Fsp3) is 0.385. The second kappa shape index (κ2) is 12.1. The van der Waals surface area contributed by atoms with Crippen molar-refractivity contribution in [2.24, 2.45) is 0 Å². The maximum absolute atomic E-state index is 12.6. The number of amides is 1. The predicted octanol–water partition coefficient (Wildman–Crippen LogP) is 4.88. The number of aliphatic hydroxyl groups is 1. The Morgan fingerprint density at radius 3 is 2.53 bits per heavy atom. The molecule has 1 amide bonds. The minimum atomic E-state index is -0.767. The summed E-state index contributed by atoms with van der Waals surface area (Å²) in [6, 6.07) is 17.2. The molecule has 1 fully saturated rings. The van der Waals surface area contributed by atoms with E-state index in [1.165, 1.54) is 0 Å². The molecule has 2 aromatic carbocycles. The van der Waals surface area contributed by atoms with Crippen molar-refractivity contribution >= 4 is 17.4 Å². The molecule has 1 saturated heterocycles. The van der Waals surface area contributed by atoms with Crippen molar-refractivity contribution in [2.75, 3.05) is 13.2 Å². The van der Waals surface area contributed by atoms with Crippen LogP contribution in [-0.2, 0) is 9.59 Å². The molecule has 6 heteroatoms. The Balaban J connectivity index is 1.68. The van der Waals surface area contributed by atoms with Crippen molar-refractivity contribution < 1.29 is 24.5 Å². The van der Waals surface area contributed by atoms with Crippen molar-refractivity contribution in [2.45, 2.75) is 51.0 Å². The molecule has 0 spiro atoms. The standard InChI is InChI=1S/C26H31NO5/c28-18-16-23(20-9-8-12-22(19-20)32-21-10-4-3-5-11-21)24-14-15-25(29)27(24)17-7-2-1-6-13-26(30)31/h3-5,8-12,16,19,24,28H,1-2,6-7,13-15,17-18H2,(H,30,31)/b23-16+/t24-/m1/s1. The molecule has 0 bridgehead atoms. The molecule has 1 aliphatic heterocycles. The maximum Gasteiger partial charge on any atom is 0.303 e. The number of nitrogens with zero attached hydrogens (tertiary/aromatic N) is 1. The van der Waals surface area contributed by atoms with Gasteiger partial charge in [0.2, 0.25) is 5.91 Å². The lowest BCUT2D eigenvalue weighted by Gasteiger charge is -2.28. The number of ether oxygens (including phenoxy) is 1. The zero-order valence-corrected chi connectivity index (χ0v) is 18.3. The van der Waals surface area contributed by atoms with Crippen LogP contribution in [0, 0.1) is 0 Å². The molecule has 0 saturated carbocycles. The molecule has 3 rings (SSSR count). The van der Waals surface area contributed by atoms with E-state index < -0.39 is 5.97 Å². The molecule has 1 atom stereocenters. The van der Waals surface area contributed by atoms with Gasteiger partial charge in [-0.1, -0.05) is 49.2 Å². The molecule has 0 unspecified atom stereocenters. The highest BCUT2D eigenvalue weighted by Gasteiger charge is 2.33. The number of para-hydroxylation sites is 1. The Hall–Kier alpha value is -3.12. The molecular weight excluding hydrogens is 406 g/mol. The van der Waals surface area contributed by atoms with E-state index in [1.54, 1.807) is 6.08 Å². The molecular formula is C26H31NO5. The first-order chi connectivity index (χ1) is 15.6. The zero-order chi connectivity index (χ0) is 22.8. The van der Waals surface area contributed by atoms with Crippen molar-refractivity contribution in [1.29, 1.82) is 0 Å². The highest BCUT2D eigenvalue weighted by molar-refractivity contribution is 5.84. The normalized spacial score (nSPS) is 16.4. The lowest BCUT2D eigenvalue weighted by molar-refractivity contribution is -0.137. The molecule has 0 aliphatic carbocycles. The molecule has 1 aliphatic rings. The Labute approximate surface area is 189 Å². The van der Waals surface area contributed by atoms with Crippen molar-refractivity contribution in [3.05, 3.63) is 66.2 Å². The van der Waals surface area contributed by atoms with Crippen LogP contribution >= 0.6 is 0 Å². The largest absolute Gasteiger partial charge is 0.481 e. The van der Waals surface area contributed by atoms with Crippen LogP contribution in [0.25, 0.3) is 5.57 Å². The lowest BCUT2D eigenvalue weighted by Crippen LogP contribution is -2.34. The van der Waals surface area contributed by atoms with E-state index in [1.807, 2.05) is 59.5 Å². The van der Waals surface area contributed by atoms with Gasteiger partial charge in [0.15, 0.2) is 0 Å². The second-order valence-corrected chi connectivity index (χ2v) is 7.98. The minimum absolute atomic E-state index is 0.0827. The molecule has 6 nitrogen and oxygen atoms in total. The molecule has 0 radical (unpaired) electrons. The quantitative estimate of drug-likeness (QED) is 0.462. The zero-order valence-electron chi connectivity index (χ0n) is 18.3. The predicted molar refractivity (Wildman–Crippen MR) is 123 cm³/mol. The summed E-state index contributed by atoms with van der Waals surface area (Å²) in [4.78, 5) is 25.1. The number of likely N-dealkylation sites (tertiary alicyclic amines) is 1. The van der Waals surface area contributed by atoms with Crippen LogP contribution in [0.3, 0.4) is 0 Å². The number of hydrogen-bond donors (Lipinski definition) is 2. The van der Waals surface area contributed by atoms with E-state index >= 15 is 0 Å². The Morgan fingerprint density at radius 1 is 1.03 bits per heavy atom. The molecule has 2 N–H and O–H groups in total. The summed E-state index contributed by atoms with van der Waals surface area (Å²) in [6.07, 6.45) is 6.42. The van der Waals surface area contributed by atoms with E-state index in [2.05, 4.69) is 0 Å². The van der Waals surface area contributed by atoms with Gasteiger partial charge in [-0.3, -0.25) is 9.59 Å². The minimum Gasteiger partial charge on any atom is -0.481 e. The first kappa shape index (κ1) is 23.5. The van der Waals surface area contributed by atoms with Crippen LogP contribution in [0.15, 0.2) is 60.7 Å². The van der Waals surface area contributed by atoms with Crippen LogP contribution in [0.4, 0.5) is 0 Å². The van der Waals surface area contributed by atoms with E-state index in [9.17, 15) is 14.7 Å². The number of aliphatic hydroxyl groups excluding tert-OH is 1. The van der Waals surface area contributed by atoms with Crippen LogP contribution in [-0.4, -0.2) is 46.2 Å². The summed E-state index contributed by atoms with van der Waals surface area (Å²) in [7, 11) is 0. The maximum atomic E-state index is 12.6. The van der Waals surface area contributed by atoms with Gasteiger partial charge in [-0.2, -0.15) is 0 Å². The summed E-state index contributed by atoms with van der Waals surface area (Å²) in [5.74, 6) is 0.808. The third-order valence-corrected chi connectivity index (χ3v) is 5.68. The fourth-order valence-electron chi connectivity index (χ4n) is 4.16. The second-order valence-electron chi connectivity index (χ2n) is 7.98. The highest BCUT2D eigenvalue weighted by Crippen LogP contribution is 2.33. The average molecular weight is 438 g/mol. The number of hydrogen-bond acceptors (Lipinski definition) is 4. The van der Waals surface area contributed by atoms with E-state index in [4.69, 9.17) is 9.84 Å². The van der Waals surface area contributed by atoms with Gasteiger partial charge in [0.25, 0.3) is 0 Å². The SMILES string of the molecule is O=C(O)CCCCCCN1C(=O)CC[C@@H]1/C(=C/CO)c1cccc(Oc2ccccc2)c1. The number of carboxylic acids is 1. The van der Waals surface area contributed by atoms with Crippen LogP contribution in [0.1, 0.15) is 50.5 Å². The molecule has 1 heterocycles. The topological polar surface area (TPSA) is 87.1 Å². The summed E-state index contributed by atoms with van der Waals surface area (Å²) in [5, 5.41) is 18.4. The number of carbonyl (C=O) groups excluding carboxylic acids is 1. The average Bonchev–Trinajstić information content (AvgIpc) is 3.15. The van der Waals surface area contributed by atoms with Crippen molar-refractivity contribution in [3.8, 4) is 11.5 Å². The first-order valence-electron chi connectivity index (χ1n) is 11.2. The third kappa shape index (κ3) is 6.69. The lowest BCUT2D eigenvalue weighted by atomic mass is 9.95. The van der Waals surface area contributed by atoms with E-state index in [0.29, 0.717) is 31.6 Å². The third-order valence-electron chi connectivity index (χ3n) is 5.68. The van der Waals surface area contributed by atoms with Gasteiger partial charge in [0.1, 0.15) is 11.5 Å². The van der Waals surface area contributed by atoms with Crippen LogP contribution in [0.2, 0.25) is 0 Å². The van der Waals surface area contributed by atoms with E-state index in [0.717, 1.165) is 36.1 Å². The number of carboxylic acid groups (broad SMARTS) is 1. The monoisotopic (exact) mass is 437 g/mol. The fourth-order valence-corrected chi connectivity index (χ4v) is 4.16. The van der Waals surface area contributed by atoms with Gasteiger partial charge in [-0.25, -0.2) is 0 Å². The van der Waals surface area contributed by atoms with Gasteiger partial charge in [-0.05, 0) is 54.7 Å². The summed E-state index contributed by atoms with van der Waals surface area (Å²) in [5.41, 5.74) is 1.86. The molecule has 32 heavy (non-hydrogen) atoms. The first-order valence-corrected chi connectivity index (χ1v) is 11.2. The number of carbonyl (C=O) groups is 2. The van der Waals surface area contributed by atoms with Crippen LogP contribution < -0.4 is 4.74 Å². The van der Waals surface area contributed by atoms with Gasteiger partial charge >= 0.3 is 5.97 Å². The Kier molecular flexibility index (Phi) is 8.87. The molecule has 170 valence electrons. The highest BCUT2D eigenvalue weighted by atomic mass is 16.5. The van der Waals surface area contributed by atoms with Crippen molar-refractivity contribution in [1.82, 2.24) is 4.90 Å². The van der Waals surface area contributed by atoms with Gasteiger partial charge < -0.3 is 19.8 Å².